The molecule has 0 radical (unpaired) electrons. The van der Waals surface area contributed by atoms with Crippen LogP contribution in [0.2, 0.25) is 5.02 Å². The number of nitrogens with one attached hydrogen (secondary N) is 2. The Morgan fingerprint density at radius 1 is 1.21 bits per heavy atom. The molecule has 1 aliphatic heterocycles. The van der Waals surface area contributed by atoms with Crippen LogP contribution in [0.25, 0.3) is 0 Å². The largest absolute Gasteiger partial charge is 0.440 e. The fourth-order valence-electron chi connectivity index (χ4n) is 2.60. The Hall–Kier alpha value is -3.14. The number of alkyl halides is 3. The molecule has 1 fully saturated rings. The van der Waals surface area contributed by atoms with Crippen molar-refractivity contribution in [3.63, 3.8) is 0 Å². The van der Waals surface area contributed by atoms with Gasteiger partial charge in [0.05, 0.1) is 12.1 Å². The van der Waals surface area contributed by atoms with Crippen molar-refractivity contribution in [1.29, 1.82) is 0 Å². The summed E-state index contributed by atoms with van der Waals surface area (Å²) in [6.45, 7) is -0.495. The molecule has 0 bridgehead atoms. The van der Waals surface area contributed by atoms with E-state index in [-0.39, 0.29) is 16.1 Å². The van der Waals surface area contributed by atoms with Gasteiger partial charge in [-0.15, -0.1) is 0 Å². The lowest BCUT2D eigenvalue weighted by Gasteiger charge is -2.29. The van der Waals surface area contributed by atoms with Crippen LogP contribution < -0.4 is 10.6 Å². The van der Waals surface area contributed by atoms with Crippen molar-refractivity contribution < 1.29 is 27.6 Å². The van der Waals surface area contributed by atoms with Gasteiger partial charge in [-0.25, -0.2) is 4.79 Å². The van der Waals surface area contributed by atoms with Crippen molar-refractivity contribution in [2.45, 2.75) is 18.4 Å². The maximum absolute atomic E-state index is 13.8. The smallest absolute Gasteiger partial charge is 0.314 e. The lowest BCUT2D eigenvalue weighted by Crippen LogP contribution is -2.69. The van der Waals surface area contributed by atoms with E-state index in [0.717, 1.165) is 6.20 Å². The number of rotatable bonds is 4. The molecule has 2 aromatic rings. The predicted octanol–water partition coefficient (Wildman–Crippen LogP) is 2.48. The van der Waals surface area contributed by atoms with Gasteiger partial charge in [0.2, 0.25) is 0 Å². The van der Waals surface area contributed by atoms with Crippen molar-refractivity contribution in [2.75, 3.05) is 0 Å². The summed E-state index contributed by atoms with van der Waals surface area (Å²) in [6, 6.07) is 7.32. The number of carbonyl (C=O) groups is 3. The molecule has 28 heavy (non-hydrogen) atoms. The summed E-state index contributed by atoms with van der Waals surface area (Å²) in [4.78, 5) is 41.0. The molecule has 146 valence electrons. The molecule has 0 spiro atoms. The quantitative estimate of drug-likeness (QED) is 0.755. The molecule has 1 saturated heterocycles. The SMILES string of the molecule is O=C(N[C@]1(C(F)(F)F)NC(=O)N(Cc2ccccc2Cl)C1=O)c1cccnc1. The van der Waals surface area contributed by atoms with Crippen LogP contribution in [0.15, 0.2) is 48.8 Å². The molecule has 2 heterocycles. The predicted molar refractivity (Wildman–Crippen MR) is 91.0 cm³/mol. The van der Waals surface area contributed by atoms with Gasteiger partial charge < -0.3 is 5.32 Å². The van der Waals surface area contributed by atoms with Gasteiger partial charge >= 0.3 is 12.2 Å². The van der Waals surface area contributed by atoms with E-state index in [1.807, 2.05) is 0 Å². The number of benzene rings is 1. The summed E-state index contributed by atoms with van der Waals surface area (Å²) in [5.74, 6) is -2.89. The molecule has 2 N–H and O–H groups in total. The third-order valence-corrected chi connectivity index (χ3v) is 4.41. The zero-order valence-corrected chi connectivity index (χ0v) is 14.7. The average molecular weight is 413 g/mol. The van der Waals surface area contributed by atoms with Crippen LogP contribution in [-0.4, -0.2) is 39.6 Å². The fraction of sp³-hybridized carbons (Fsp3) is 0.176. The molecule has 1 aromatic heterocycles. The Labute approximate surface area is 161 Å². The Morgan fingerprint density at radius 3 is 2.54 bits per heavy atom. The minimum absolute atomic E-state index is 0.173. The van der Waals surface area contributed by atoms with Gasteiger partial charge in [-0.2, -0.15) is 13.2 Å². The molecule has 0 unspecified atom stereocenters. The van der Waals surface area contributed by atoms with E-state index in [1.54, 1.807) is 22.8 Å². The van der Waals surface area contributed by atoms with Crippen LogP contribution in [0.4, 0.5) is 18.0 Å². The first-order valence-corrected chi connectivity index (χ1v) is 8.20. The van der Waals surface area contributed by atoms with Crippen LogP contribution in [0.1, 0.15) is 15.9 Å². The van der Waals surface area contributed by atoms with Gasteiger partial charge in [0, 0.05) is 17.4 Å². The second kappa shape index (κ2) is 7.12. The highest BCUT2D eigenvalue weighted by molar-refractivity contribution is 6.31. The number of imide groups is 1. The highest BCUT2D eigenvalue weighted by atomic mass is 35.5. The van der Waals surface area contributed by atoms with Crippen LogP contribution in [0.3, 0.4) is 0 Å². The lowest BCUT2D eigenvalue weighted by atomic mass is 10.1. The van der Waals surface area contributed by atoms with Crippen LogP contribution in [0, 0.1) is 0 Å². The average Bonchev–Trinajstić information content (AvgIpc) is 2.89. The van der Waals surface area contributed by atoms with Crippen molar-refractivity contribution in [1.82, 2.24) is 20.5 Å². The zero-order valence-electron chi connectivity index (χ0n) is 14.0. The number of pyridine rings is 1. The number of nitrogens with zero attached hydrogens (tertiary/aromatic N) is 2. The molecule has 4 amide bonds. The molecule has 1 aromatic carbocycles. The Kier molecular flexibility index (Phi) is 4.99. The second-order valence-corrected chi connectivity index (χ2v) is 6.26. The normalized spacial score (nSPS) is 19.5. The summed E-state index contributed by atoms with van der Waals surface area (Å²) in [7, 11) is 0. The Bertz CT molecular complexity index is 939. The van der Waals surface area contributed by atoms with Crippen molar-refractivity contribution in [3.05, 3.63) is 64.9 Å². The number of urea groups is 1. The molecule has 1 atom stereocenters. The maximum Gasteiger partial charge on any atom is 0.440 e. The highest BCUT2D eigenvalue weighted by Crippen LogP contribution is 2.35. The first kappa shape index (κ1) is 19.6. The molecular formula is C17H12ClF3N4O3. The molecular weight excluding hydrogens is 401 g/mol. The Balaban J connectivity index is 1.93. The zero-order chi connectivity index (χ0) is 20.5. The fourth-order valence-corrected chi connectivity index (χ4v) is 2.80. The van der Waals surface area contributed by atoms with Gasteiger partial charge in [0.15, 0.2) is 0 Å². The first-order chi connectivity index (χ1) is 13.2. The standard InChI is InChI=1S/C17H12ClF3N4O3/c18-12-6-2-1-4-11(12)9-25-14(27)16(17(19,20)21,24-15(25)28)23-13(26)10-5-3-7-22-8-10/h1-8H,9H2,(H,23,26)(H,24,28)/t16-/m0/s1. The summed E-state index contributed by atoms with van der Waals surface area (Å²) in [5.41, 5.74) is -3.54. The summed E-state index contributed by atoms with van der Waals surface area (Å²) < 4.78 is 41.4. The maximum atomic E-state index is 13.8. The van der Waals surface area contributed by atoms with E-state index < -0.39 is 36.2 Å². The van der Waals surface area contributed by atoms with Gasteiger partial charge in [-0.1, -0.05) is 29.8 Å². The molecule has 0 aliphatic carbocycles. The first-order valence-electron chi connectivity index (χ1n) is 7.82. The molecule has 1 aliphatic rings. The van der Waals surface area contributed by atoms with E-state index in [2.05, 4.69) is 4.98 Å². The number of hydrogen-bond donors (Lipinski definition) is 2. The number of hydrogen-bond acceptors (Lipinski definition) is 4. The molecule has 11 heteroatoms. The summed E-state index contributed by atoms with van der Waals surface area (Å²) in [5, 5.41) is 3.34. The molecule has 7 nitrogen and oxygen atoms in total. The number of carbonyl (C=O) groups excluding carboxylic acids is 3. The summed E-state index contributed by atoms with van der Waals surface area (Å²) >= 11 is 5.95. The van der Waals surface area contributed by atoms with Crippen molar-refractivity contribution >= 4 is 29.4 Å². The van der Waals surface area contributed by atoms with Gasteiger partial charge in [-0.3, -0.25) is 24.8 Å². The third-order valence-electron chi connectivity index (χ3n) is 4.04. The van der Waals surface area contributed by atoms with Gasteiger partial charge in [0.1, 0.15) is 0 Å². The van der Waals surface area contributed by atoms with E-state index in [1.165, 1.54) is 30.5 Å². The second-order valence-electron chi connectivity index (χ2n) is 5.86. The van der Waals surface area contributed by atoms with Crippen molar-refractivity contribution in [3.8, 4) is 0 Å². The topological polar surface area (TPSA) is 91.4 Å². The lowest BCUT2D eigenvalue weighted by molar-refractivity contribution is -0.200. The molecule has 0 saturated carbocycles. The van der Waals surface area contributed by atoms with E-state index in [9.17, 15) is 27.6 Å². The van der Waals surface area contributed by atoms with E-state index >= 15 is 0 Å². The third kappa shape index (κ3) is 3.38. The number of amides is 4. The van der Waals surface area contributed by atoms with Crippen LogP contribution in [0.5, 0.6) is 0 Å². The van der Waals surface area contributed by atoms with E-state index in [0.29, 0.717) is 4.90 Å². The van der Waals surface area contributed by atoms with E-state index in [4.69, 9.17) is 11.6 Å². The monoisotopic (exact) mass is 412 g/mol. The number of halogens is 4. The summed E-state index contributed by atoms with van der Waals surface area (Å²) in [6.07, 6.45) is -2.95. The Morgan fingerprint density at radius 2 is 1.93 bits per heavy atom. The van der Waals surface area contributed by atoms with Crippen molar-refractivity contribution in [2.24, 2.45) is 0 Å². The van der Waals surface area contributed by atoms with Gasteiger partial charge in [-0.05, 0) is 23.8 Å². The van der Waals surface area contributed by atoms with Crippen LogP contribution in [-0.2, 0) is 11.3 Å². The minimum atomic E-state index is -5.30. The van der Waals surface area contributed by atoms with Gasteiger partial charge in [0.25, 0.3) is 17.5 Å². The van der Waals surface area contributed by atoms with Crippen LogP contribution >= 0.6 is 11.6 Å². The highest BCUT2D eigenvalue weighted by Gasteiger charge is 2.68. The minimum Gasteiger partial charge on any atom is -0.314 e. The number of aromatic nitrogens is 1. The molecule has 3 rings (SSSR count).